The minimum atomic E-state index is -0.214. The van der Waals surface area contributed by atoms with E-state index >= 15 is 0 Å². The van der Waals surface area contributed by atoms with Gasteiger partial charge in [0.05, 0.1) is 6.42 Å². The van der Waals surface area contributed by atoms with Gasteiger partial charge in [0.1, 0.15) is 0 Å². The van der Waals surface area contributed by atoms with Crippen molar-refractivity contribution >= 4 is 17.6 Å². The van der Waals surface area contributed by atoms with Gasteiger partial charge >= 0.3 is 6.03 Å². The fraction of sp³-hybridized carbons (Fsp3) is 0.467. The molecule has 5 nitrogen and oxygen atoms in total. The van der Waals surface area contributed by atoms with Crippen LogP contribution in [-0.2, 0) is 11.2 Å². The lowest BCUT2D eigenvalue weighted by atomic mass is 10.1. The lowest BCUT2D eigenvalue weighted by molar-refractivity contribution is -0.119. The summed E-state index contributed by atoms with van der Waals surface area (Å²) < 4.78 is 0. The Labute approximate surface area is 119 Å². The summed E-state index contributed by atoms with van der Waals surface area (Å²) in [6, 6.07) is 7.32. The van der Waals surface area contributed by atoms with Gasteiger partial charge in [-0.2, -0.15) is 0 Å². The van der Waals surface area contributed by atoms with Crippen LogP contribution in [0, 0.1) is 5.92 Å². The zero-order chi connectivity index (χ0) is 14.5. The predicted octanol–water partition coefficient (Wildman–Crippen LogP) is 1.90. The molecule has 108 valence electrons. The number of hydrogen-bond donors (Lipinski definition) is 3. The van der Waals surface area contributed by atoms with Crippen LogP contribution in [0.25, 0.3) is 0 Å². The fourth-order valence-corrected chi connectivity index (χ4v) is 2.14. The first-order chi connectivity index (χ1) is 9.60. The molecule has 1 aliphatic carbocycles. The Morgan fingerprint density at radius 1 is 1.30 bits per heavy atom. The number of carbonyl (C=O) groups is 2. The van der Waals surface area contributed by atoms with E-state index < -0.39 is 0 Å². The molecule has 0 heterocycles. The summed E-state index contributed by atoms with van der Waals surface area (Å²) in [6.45, 7) is 2.02. The van der Waals surface area contributed by atoms with Crippen LogP contribution in [0.5, 0.6) is 0 Å². The number of hydrogen-bond acceptors (Lipinski definition) is 2. The zero-order valence-electron chi connectivity index (χ0n) is 11.9. The van der Waals surface area contributed by atoms with Crippen molar-refractivity contribution in [2.75, 3.05) is 12.4 Å². The molecule has 1 aliphatic rings. The number of nitrogens with one attached hydrogen (secondary N) is 3. The summed E-state index contributed by atoms with van der Waals surface area (Å²) >= 11 is 0. The number of carbonyl (C=O) groups excluding carboxylic acids is 2. The Morgan fingerprint density at radius 3 is 2.65 bits per heavy atom. The summed E-state index contributed by atoms with van der Waals surface area (Å²) in [7, 11) is 1.60. The molecule has 1 unspecified atom stereocenters. The number of rotatable bonds is 5. The topological polar surface area (TPSA) is 70.2 Å². The van der Waals surface area contributed by atoms with Crippen molar-refractivity contribution < 1.29 is 9.59 Å². The number of benzene rings is 1. The van der Waals surface area contributed by atoms with Crippen LogP contribution in [0.4, 0.5) is 10.5 Å². The molecule has 1 atom stereocenters. The smallest absolute Gasteiger partial charge is 0.319 e. The van der Waals surface area contributed by atoms with E-state index in [9.17, 15) is 9.59 Å². The van der Waals surface area contributed by atoms with Crippen LogP contribution >= 0.6 is 0 Å². The predicted molar refractivity (Wildman–Crippen MR) is 78.6 cm³/mol. The third-order valence-corrected chi connectivity index (χ3v) is 3.58. The van der Waals surface area contributed by atoms with E-state index in [0.717, 1.165) is 5.56 Å². The summed E-state index contributed by atoms with van der Waals surface area (Å²) in [5, 5.41) is 8.34. The molecule has 1 aromatic rings. The molecule has 20 heavy (non-hydrogen) atoms. The second-order valence-corrected chi connectivity index (χ2v) is 5.23. The highest BCUT2D eigenvalue weighted by atomic mass is 16.2. The Bertz CT molecular complexity index is 498. The third kappa shape index (κ3) is 3.98. The minimum Gasteiger partial charge on any atom is -0.359 e. The number of anilines is 1. The first kappa shape index (κ1) is 14.4. The highest BCUT2D eigenvalue weighted by Gasteiger charge is 2.28. The number of amides is 3. The quantitative estimate of drug-likeness (QED) is 0.768. The monoisotopic (exact) mass is 275 g/mol. The molecule has 1 saturated carbocycles. The van der Waals surface area contributed by atoms with Gasteiger partial charge in [-0.25, -0.2) is 4.79 Å². The molecule has 0 aromatic heterocycles. The van der Waals surface area contributed by atoms with Gasteiger partial charge in [0, 0.05) is 18.8 Å². The molecule has 1 fully saturated rings. The van der Waals surface area contributed by atoms with Crippen molar-refractivity contribution in [2.24, 2.45) is 5.92 Å². The van der Waals surface area contributed by atoms with Crippen molar-refractivity contribution in [3.8, 4) is 0 Å². The Morgan fingerprint density at radius 2 is 2.00 bits per heavy atom. The van der Waals surface area contributed by atoms with Gasteiger partial charge in [-0.05, 0) is 37.3 Å². The molecular formula is C15H21N3O2. The van der Waals surface area contributed by atoms with Gasteiger partial charge in [0.15, 0.2) is 0 Å². The van der Waals surface area contributed by atoms with Crippen molar-refractivity contribution in [3.63, 3.8) is 0 Å². The molecule has 1 aromatic carbocycles. The standard InChI is InChI=1S/C15H21N3O2/c1-10(11-7-8-11)17-15(20)18-13-6-4-3-5-12(13)9-14(19)16-2/h3-6,10-11H,7-9H2,1-2H3,(H,16,19)(H2,17,18,20). The molecular weight excluding hydrogens is 254 g/mol. The number of urea groups is 1. The fourth-order valence-electron chi connectivity index (χ4n) is 2.14. The van der Waals surface area contributed by atoms with Crippen molar-refractivity contribution in [1.29, 1.82) is 0 Å². The van der Waals surface area contributed by atoms with Crippen LogP contribution in [0.1, 0.15) is 25.3 Å². The SMILES string of the molecule is CNC(=O)Cc1ccccc1NC(=O)NC(C)C1CC1. The van der Waals surface area contributed by atoms with Crippen molar-refractivity contribution in [1.82, 2.24) is 10.6 Å². The van der Waals surface area contributed by atoms with Crippen LogP contribution in [0.2, 0.25) is 0 Å². The highest BCUT2D eigenvalue weighted by Crippen LogP contribution is 2.32. The molecule has 0 aliphatic heterocycles. The summed E-state index contributed by atoms with van der Waals surface area (Å²) in [5.41, 5.74) is 1.48. The van der Waals surface area contributed by atoms with E-state index in [1.54, 1.807) is 13.1 Å². The van der Waals surface area contributed by atoms with E-state index in [1.165, 1.54) is 12.8 Å². The molecule has 5 heteroatoms. The van der Waals surface area contributed by atoms with Gasteiger partial charge in [0.25, 0.3) is 0 Å². The zero-order valence-corrected chi connectivity index (χ0v) is 11.9. The average molecular weight is 275 g/mol. The van der Waals surface area contributed by atoms with Gasteiger partial charge in [-0.3, -0.25) is 4.79 Å². The molecule has 2 rings (SSSR count). The first-order valence-electron chi connectivity index (χ1n) is 6.96. The maximum Gasteiger partial charge on any atom is 0.319 e. The third-order valence-electron chi connectivity index (χ3n) is 3.58. The average Bonchev–Trinajstić information content (AvgIpc) is 3.25. The summed E-state index contributed by atoms with van der Waals surface area (Å²) in [6.07, 6.45) is 2.63. The maximum absolute atomic E-state index is 11.9. The Kier molecular flexibility index (Phi) is 4.61. The molecule has 3 N–H and O–H groups in total. The number of likely N-dealkylation sites (N-methyl/N-ethyl adjacent to an activating group) is 1. The van der Waals surface area contributed by atoms with Gasteiger partial charge in [-0.1, -0.05) is 18.2 Å². The minimum absolute atomic E-state index is 0.0778. The molecule has 0 bridgehead atoms. The second kappa shape index (κ2) is 6.41. The van der Waals surface area contributed by atoms with Crippen LogP contribution in [0.15, 0.2) is 24.3 Å². The maximum atomic E-state index is 11.9. The lowest BCUT2D eigenvalue weighted by Gasteiger charge is -2.15. The van der Waals surface area contributed by atoms with Crippen molar-refractivity contribution in [2.45, 2.75) is 32.2 Å². The van der Waals surface area contributed by atoms with E-state index in [2.05, 4.69) is 16.0 Å². The van der Waals surface area contributed by atoms with Gasteiger partial charge in [-0.15, -0.1) is 0 Å². The lowest BCUT2D eigenvalue weighted by Crippen LogP contribution is -2.37. The largest absolute Gasteiger partial charge is 0.359 e. The van der Waals surface area contributed by atoms with Gasteiger partial charge < -0.3 is 16.0 Å². The van der Waals surface area contributed by atoms with Crippen molar-refractivity contribution in [3.05, 3.63) is 29.8 Å². The normalized spacial score (nSPS) is 15.3. The number of para-hydroxylation sites is 1. The molecule has 0 spiro atoms. The van der Waals surface area contributed by atoms with Crippen LogP contribution < -0.4 is 16.0 Å². The van der Waals surface area contributed by atoms with Gasteiger partial charge in [0.2, 0.25) is 5.91 Å². The molecule has 3 amide bonds. The van der Waals surface area contributed by atoms with E-state index in [1.807, 2.05) is 25.1 Å². The Hall–Kier alpha value is -2.04. The highest BCUT2D eigenvalue weighted by molar-refractivity contribution is 5.91. The van der Waals surface area contributed by atoms with Crippen LogP contribution in [-0.4, -0.2) is 25.0 Å². The van der Waals surface area contributed by atoms with E-state index in [4.69, 9.17) is 0 Å². The molecule has 0 radical (unpaired) electrons. The second-order valence-electron chi connectivity index (χ2n) is 5.23. The first-order valence-corrected chi connectivity index (χ1v) is 6.96. The van der Waals surface area contributed by atoms with Crippen LogP contribution in [0.3, 0.4) is 0 Å². The molecule has 0 saturated heterocycles. The van der Waals surface area contributed by atoms with E-state index in [0.29, 0.717) is 11.6 Å². The Balaban J connectivity index is 1.97. The summed E-state index contributed by atoms with van der Waals surface area (Å²) in [4.78, 5) is 23.4. The summed E-state index contributed by atoms with van der Waals surface area (Å²) in [5.74, 6) is 0.535. The van der Waals surface area contributed by atoms with E-state index in [-0.39, 0.29) is 24.4 Å².